The lowest BCUT2D eigenvalue weighted by molar-refractivity contribution is -0.108. The maximum atomic E-state index is 12.7. The van der Waals surface area contributed by atoms with Crippen molar-refractivity contribution in [1.29, 1.82) is 0 Å². The largest absolute Gasteiger partial charge is 0.377 e. The Bertz CT molecular complexity index is 576. The van der Waals surface area contributed by atoms with Gasteiger partial charge in [0.15, 0.2) is 0 Å². The number of hydrogen-bond donors (Lipinski definition) is 2. The number of amides is 2. The van der Waals surface area contributed by atoms with Crippen LogP contribution in [0.5, 0.6) is 0 Å². The van der Waals surface area contributed by atoms with Crippen LogP contribution in [0.25, 0.3) is 0 Å². The van der Waals surface area contributed by atoms with Gasteiger partial charge in [0.05, 0.1) is 6.10 Å². The molecule has 1 aromatic heterocycles. The van der Waals surface area contributed by atoms with Crippen LogP contribution < -0.4 is 10.6 Å². The number of nitrogens with one attached hydrogen (secondary N) is 2. The molecule has 6 nitrogen and oxygen atoms in total. The lowest BCUT2D eigenvalue weighted by atomic mass is 9.57. The minimum atomic E-state index is -2.61. The van der Waals surface area contributed by atoms with E-state index >= 15 is 0 Å². The van der Waals surface area contributed by atoms with Crippen LogP contribution in [0.3, 0.4) is 0 Å². The Morgan fingerprint density at radius 3 is 3.09 bits per heavy atom. The Balaban J connectivity index is 1.46. The second-order valence-corrected chi connectivity index (χ2v) is 6.72. The van der Waals surface area contributed by atoms with Gasteiger partial charge in [0.25, 0.3) is 0 Å². The summed E-state index contributed by atoms with van der Waals surface area (Å²) < 4.78 is 31.9. The normalized spacial score (nSPS) is 28.3. The molecule has 23 heavy (non-hydrogen) atoms. The summed E-state index contributed by atoms with van der Waals surface area (Å²) >= 11 is 0. The first-order valence-electron chi connectivity index (χ1n) is 7.87. The van der Waals surface area contributed by atoms with Gasteiger partial charge in [0.2, 0.25) is 0 Å². The molecule has 1 saturated heterocycles. The first kappa shape index (κ1) is 16.2. The lowest BCUT2D eigenvalue weighted by Gasteiger charge is -2.54. The fourth-order valence-electron chi connectivity index (χ4n) is 3.81. The number of fused-ring (bicyclic) bond motifs is 1. The van der Waals surface area contributed by atoms with Crippen molar-refractivity contribution in [3.05, 3.63) is 18.2 Å². The predicted octanol–water partition coefficient (Wildman–Crippen LogP) is 1.93. The van der Waals surface area contributed by atoms with Crippen LogP contribution in [0, 0.1) is 11.3 Å². The molecule has 3 rings (SSSR count). The molecule has 0 unspecified atom stereocenters. The summed E-state index contributed by atoms with van der Waals surface area (Å²) in [6.07, 6.45) is 4.00. The summed E-state index contributed by atoms with van der Waals surface area (Å²) in [6, 6.07) is -0.193. The Morgan fingerprint density at radius 2 is 2.35 bits per heavy atom. The number of alkyl halides is 2. The SMILES string of the molecule is CC1(C)[C@H](NC(=O)NCCc2nccn2C(F)F)[C@@H]2CCO[C@H]21. The van der Waals surface area contributed by atoms with Crippen LogP contribution in [0.1, 0.15) is 32.6 Å². The van der Waals surface area contributed by atoms with Crippen LogP contribution in [0.4, 0.5) is 13.6 Å². The summed E-state index contributed by atoms with van der Waals surface area (Å²) in [6.45, 7) is 2.56. The molecule has 3 atom stereocenters. The fourth-order valence-corrected chi connectivity index (χ4v) is 3.81. The third-order valence-electron chi connectivity index (χ3n) is 4.98. The van der Waals surface area contributed by atoms with Crippen molar-refractivity contribution >= 4 is 6.03 Å². The van der Waals surface area contributed by atoms with Crippen molar-refractivity contribution in [1.82, 2.24) is 20.2 Å². The third-order valence-corrected chi connectivity index (χ3v) is 4.98. The first-order chi connectivity index (χ1) is 10.9. The number of urea groups is 1. The van der Waals surface area contributed by atoms with Gasteiger partial charge in [-0.1, -0.05) is 13.8 Å². The van der Waals surface area contributed by atoms with E-state index in [2.05, 4.69) is 29.5 Å². The quantitative estimate of drug-likeness (QED) is 0.868. The second kappa shape index (κ2) is 6.07. The first-order valence-corrected chi connectivity index (χ1v) is 7.87. The molecule has 0 aromatic carbocycles. The van der Waals surface area contributed by atoms with E-state index in [9.17, 15) is 13.6 Å². The van der Waals surface area contributed by atoms with Gasteiger partial charge in [-0.05, 0) is 6.42 Å². The lowest BCUT2D eigenvalue weighted by Crippen LogP contribution is -2.67. The highest BCUT2D eigenvalue weighted by molar-refractivity contribution is 5.74. The molecular weight excluding hydrogens is 306 g/mol. The Hall–Kier alpha value is -1.70. The predicted molar refractivity (Wildman–Crippen MR) is 79.1 cm³/mol. The molecule has 8 heteroatoms. The Labute approximate surface area is 133 Å². The summed E-state index contributed by atoms with van der Waals surface area (Å²) in [5, 5.41) is 5.70. The number of rotatable bonds is 5. The van der Waals surface area contributed by atoms with Crippen molar-refractivity contribution in [2.45, 2.75) is 45.4 Å². The summed E-state index contributed by atoms with van der Waals surface area (Å²) in [7, 11) is 0. The molecule has 1 saturated carbocycles. The average molecular weight is 328 g/mol. The molecule has 2 heterocycles. The Kier molecular flexibility index (Phi) is 4.27. The van der Waals surface area contributed by atoms with E-state index in [0.717, 1.165) is 17.6 Å². The molecule has 0 spiro atoms. The van der Waals surface area contributed by atoms with Crippen molar-refractivity contribution in [2.75, 3.05) is 13.2 Å². The molecule has 1 aromatic rings. The number of imidazole rings is 1. The number of ether oxygens (including phenoxy) is 1. The monoisotopic (exact) mass is 328 g/mol. The Morgan fingerprint density at radius 1 is 1.57 bits per heavy atom. The molecule has 2 amide bonds. The van der Waals surface area contributed by atoms with E-state index in [1.807, 2.05) is 0 Å². The number of nitrogens with zero attached hydrogens (tertiary/aromatic N) is 2. The topological polar surface area (TPSA) is 68.2 Å². The highest BCUT2D eigenvalue weighted by Gasteiger charge is 2.59. The van der Waals surface area contributed by atoms with Crippen LogP contribution in [-0.2, 0) is 11.2 Å². The van der Waals surface area contributed by atoms with Crippen LogP contribution in [0.15, 0.2) is 12.4 Å². The molecule has 0 bridgehead atoms. The highest BCUT2D eigenvalue weighted by Crippen LogP contribution is 2.51. The van der Waals surface area contributed by atoms with Crippen molar-refractivity contribution in [3.63, 3.8) is 0 Å². The molecule has 2 aliphatic rings. The van der Waals surface area contributed by atoms with Crippen molar-refractivity contribution in [2.24, 2.45) is 11.3 Å². The zero-order valence-corrected chi connectivity index (χ0v) is 13.3. The minimum Gasteiger partial charge on any atom is -0.377 e. The summed E-state index contributed by atoms with van der Waals surface area (Å²) in [5.41, 5.74) is -0.0789. The van der Waals surface area contributed by atoms with E-state index in [4.69, 9.17) is 4.74 Å². The zero-order valence-electron chi connectivity index (χ0n) is 13.3. The van der Waals surface area contributed by atoms with Crippen LogP contribution in [-0.4, -0.2) is 40.9 Å². The van der Waals surface area contributed by atoms with E-state index in [1.54, 1.807) is 0 Å². The standard InChI is InChI=1S/C15H22F2N4O2/c1-15(2)11(9-4-8-23-12(9)15)20-14(22)19-5-3-10-18-6-7-21(10)13(16)17/h6-7,9,11-13H,3-5,8H2,1-2H3,(H2,19,20,22)/t9-,11+,12+/m0/s1. The number of aromatic nitrogens is 2. The molecule has 1 aliphatic carbocycles. The summed E-state index contributed by atoms with van der Waals surface area (Å²) in [4.78, 5) is 15.9. The smallest absolute Gasteiger partial charge is 0.319 e. The average Bonchev–Trinajstić information content (AvgIpc) is 3.12. The van der Waals surface area contributed by atoms with Gasteiger partial charge in [0.1, 0.15) is 5.82 Å². The molecule has 2 fully saturated rings. The number of hydrogen-bond acceptors (Lipinski definition) is 3. The van der Waals surface area contributed by atoms with Gasteiger partial charge in [-0.25, -0.2) is 9.78 Å². The maximum absolute atomic E-state index is 12.7. The number of carbonyl (C=O) groups is 1. The van der Waals surface area contributed by atoms with E-state index < -0.39 is 6.55 Å². The van der Waals surface area contributed by atoms with Crippen molar-refractivity contribution in [3.8, 4) is 0 Å². The van der Waals surface area contributed by atoms with E-state index in [1.165, 1.54) is 12.4 Å². The number of carbonyl (C=O) groups excluding carboxylic acids is 1. The minimum absolute atomic E-state index is 0.0789. The van der Waals surface area contributed by atoms with Gasteiger partial charge >= 0.3 is 12.6 Å². The van der Waals surface area contributed by atoms with Gasteiger partial charge in [-0.15, -0.1) is 0 Å². The molecule has 128 valence electrons. The van der Waals surface area contributed by atoms with Crippen LogP contribution >= 0.6 is 0 Å². The van der Waals surface area contributed by atoms with Gasteiger partial charge in [0, 0.05) is 49.3 Å². The van der Waals surface area contributed by atoms with Gasteiger partial charge < -0.3 is 15.4 Å². The van der Waals surface area contributed by atoms with E-state index in [0.29, 0.717) is 5.92 Å². The maximum Gasteiger partial charge on any atom is 0.319 e. The molecule has 1 aliphatic heterocycles. The highest BCUT2D eigenvalue weighted by atomic mass is 19.3. The number of halogens is 2. The zero-order chi connectivity index (χ0) is 16.6. The summed E-state index contributed by atoms with van der Waals surface area (Å²) in [5.74, 6) is 0.627. The van der Waals surface area contributed by atoms with Gasteiger partial charge in [-0.2, -0.15) is 8.78 Å². The van der Waals surface area contributed by atoms with Gasteiger partial charge in [-0.3, -0.25) is 4.57 Å². The second-order valence-electron chi connectivity index (χ2n) is 6.72. The van der Waals surface area contributed by atoms with Crippen molar-refractivity contribution < 1.29 is 18.3 Å². The van der Waals surface area contributed by atoms with E-state index in [-0.39, 0.29) is 42.4 Å². The van der Waals surface area contributed by atoms with Crippen LogP contribution in [0.2, 0.25) is 0 Å². The fraction of sp³-hybridized carbons (Fsp3) is 0.733. The molecule has 0 radical (unpaired) electrons. The molecular formula is C15H22F2N4O2. The molecule has 2 N–H and O–H groups in total. The third kappa shape index (κ3) is 2.91.